The zero-order valence-corrected chi connectivity index (χ0v) is 25.3. The maximum Gasteiger partial charge on any atom is 0.231 e. The molecule has 1 aromatic carbocycles. The second-order valence-corrected chi connectivity index (χ2v) is 10.8. The van der Waals surface area contributed by atoms with Crippen LogP contribution in [0.2, 0.25) is 0 Å². The van der Waals surface area contributed by atoms with Crippen molar-refractivity contribution < 1.29 is 38.7 Å². The van der Waals surface area contributed by atoms with Gasteiger partial charge in [0.1, 0.15) is 0 Å². The van der Waals surface area contributed by atoms with Crippen LogP contribution in [0.4, 0.5) is 0 Å². The molecule has 3 heterocycles. The lowest BCUT2D eigenvalue weighted by Crippen LogP contribution is -2.65. The lowest BCUT2D eigenvalue weighted by atomic mass is 9.67. The van der Waals surface area contributed by atoms with Crippen LogP contribution in [0.25, 0.3) is 0 Å². The van der Waals surface area contributed by atoms with E-state index in [0.717, 1.165) is 16.7 Å². The highest BCUT2D eigenvalue weighted by molar-refractivity contribution is 7.80. The van der Waals surface area contributed by atoms with E-state index in [9.17, 15) is 15.0 Å². The number of hydrogen-bond donors (Lipinski definition) is 4. The van der Waals surface area contributed by atoms with Crippen molar-refractivity contribution >= 4 is 18.4 Å². The van der Waals surface area contributed by atoms with E-state index in [1.54, 1.807) is 21.1 Å². The quantitative estimate of drug-likeness (QED) is 0.296. The van der Waals surface area contributed by atoms with Gasteiger partial charge in [-0.1, -0.05) is 19.9 Å². The first kappa shape index (κ1) is 30.7. The Balaban J connectivity index is 0.00000181. The van der Waals surface area contributed by atoms with Crippen LogP contribution < -0.4 is 14.8 Å². The van der Waals surface area contributed by atoms with Crippen molar-refractivity contribution in [1.82, 2.24) is 10.2 Å². The molecule has 3 N–H and O–H groups in total. The number of hydrogen-bond acceptors (Lipinski definition) is 11. The van der Waals surface area contributed by atoms with Gasteiger partial charge in [0, 0.05) is 48.1 Å². The number of Topliss-reactive ketones (excluding diaryl/α,β-unsaturated/α-hetero) is 1. The molecule has 0 radical (unpaired) electrons. The standard InChI is InChI=1S/C27H36N2O8S.C2H6/c1-13-8-15-18(38)6-7-29-16(21(28-3)19(15)24(22(13)34-5)35-11-33-4)9-27(32)20(17(29)10-30)25-23(36-12-37-25)14(2)26(27)31;1-2/h8,16-18,21,28,30,32,38H,6-7,9-12H2,1-5H3;1-2H3. The average Bonchev–Trinajstić information content (AvgIpc) is 3.44. The topological polar surface area (TPSA) is 119 Å². The highest BCUT2D eigenvalue weighted by atomic mass is 32.1. The Hall–Kier alpha value is -2.28. The van der Waals surface area contributed by atoms with Crippen LogP contribution in [0.3, 0.4) is 0 Å². The van der Waals surface area contributed by atoms with Crippen molar-refractivity contribution in [3.05, 3.63) is 45.4 Å². The number of aliphatic hydroxyl groups is 2. The number of rotatable bonds is 6. The average molecular weight is 579 g/mol. The molecule has 0 amide bonds. The Labute approximate surface area is 241 Å². The molecule has 40 heavy (non-hydrogen) atoms. The summed E-state index contributed by atoms with van der Waals surface area (Å²) >= 11 is 4.98. The lowest BCUT2D eigenvalue weighted by molar-refractivity contribution is -0.138. The van der Waals surface area contributed by atoms with Crippen molar-refractivity contribution in [3.63, 3.8) is 0 Å². The number of thiol groups is 1. The molecule has 11 heteroatoms. The van der Waals surface area contributed by atoms with Crippen LogP contribution in [0.5, 0.6) is 11.5 Å². The molecule has 0 saturated carbocycles. The highest BCUT2D eigenvalue weighted by Crippen LogP contribution is 2.53. The van der Waals surface area contributed by atoms with Crippen LogP contribution >= 0.6 is 12.6 Å². The Morgan fingerprint density at radius 2 is 1.90 bits per heavy atom. The van der Waals surface area contributed by atoms with Gasteiger partial charge in [-0.3, -0.25) is 9.69 Å². The molecule has 5 rings (SSSR count). The van der Waals surface area contributed by atoms with Gasteiger partial charge in [-0.2, -0.15) is 12.6 Å². The van der Waals surface area contributed by atoms with Crippen LogP contribution in [0, 0.1) is 6.92 Å². The fourth-order valence-corrected chi connectivity index (χ4v) is 6.96. The molecule has 0 bridgehead atoms. The fraction of sp³-hybridized carbons (Fsp3) is 0.621. The van der Waals surface area contributed by atoms with Gasteiger partial charge in [-0.25, -0.2) is 0 Å². The van der Waals surface area contributed by atoms with Gasteiger partial charge in [0.05, 0.1) is 25.8 Å². The number of benzene rings is 1. The van der Waals surface area contributed by atoms with Gasteiger partial charge < -0.3 is 39.2 Å². The number of nitrogens with zero attached hydrogens (tertiary/aromatic N) is 1. The third-order valence-corrected chi connectivity index (χ3v) is 8.78. The summed E-state index contributed by atoms with van der Waals surface area (Å²) in [4.78, 5) is 15.8. The minimum absolute atomic E-state index is 0.0103. The molecule has 2 fully saturated rings. The molecule has 4 aliphatic rings. The van der Waals surface area contributed by atoms with Crippen molar-refractivity contribution in [2.24, 2.45) is 0 Å². The summed E-state index contributed by atoms with van der Waals surface area (Å²) in [7, 11) is 4.98. The summed E-state index contributed by atoms with van der Waals surface area (Å²) in [5, 5.41) is 26.1. The third-order valence-electron chi connectivity index (χ3n) is 8.24. The van der Waals surface area contributed by atoms with Crippen molar-refractivity contribution in [2.45, 2.75) is 69.5 Å². The van der Waals surface area contributed by atoms with E-state index in [0.29, 0.717) is 47.1 Å². The summed E-state index contributed by atoms with van der Waals surface area (Å²) in [5.41, 5.74) is 1.54. The SMILES string of the molecule is CC.CNC1c2c(cc(C)c(OC)c2OCOC)C(S)CCN2C(CO)C3=C4OCOC4=C(C)C(=O)C3(O)CC12. The zero-order valence-electron chi connectivity index (χ0n) is 24.4. The van der Waals surface area contributed by atoms with E-state index in [1.165, 1.54) is 0 Å². The van der Waals surface area contributed by atoms with Gasteiger partial charge in [0.15, 0.2) is 41.2 Å². The van der Waals surface area contributed by atoms with Gasteiger partial charge in [0.2, 0.25) is 6.79 Å². The smallest absolute Gasteiger partial charge is 0.231 e. The molecule has 1 aliphatic carbocycles. The van der Waals surface area contributed by atoms with Crippen LogP contribution in [-0.4, -0.2) is 86.6 Å². The van der Waals surface area contributed by atoms with E-state index in [4.69, 9.17) is 36.3 Å². The van der Waals surface area contributed by atoms with E-state index in [1.807, 2.05) is 27.8 Å². The summed E-state index contributed by atoms with van der Waals surface area (Å²) in [6.45, 7) is 7.82. The van der Waals surface area contributed by atoms with E-state index >= 15 is 0 Å². The number of carbonyl (C=O) groups is 1. The van der Waals surface area contributed by atoms with Gasteiger partial charge in [-0.05, 0) is 38.4 Å². The van der Waals surface area contributed by atoms with Crippen molar-refractivity contribution in [2.75, 3.05) is 48.0 Å². The Morgan fingerprint density at radius 3 is 2.52 bits per heavy atom. The maximum absolute atomic E-state index is 13.7. The summed E-state index contributed by atoms with van der Waals surface area (Å²) in [5.74, 6) is 1.38. The second-order valence-electron chi connectivity index (χ2n) is 10.2. The number of fused-ring (bicyclic) bond motifs is 4. The zero-order chi connectivity index (χ0) is 29.4. The number of carbonyl (C=O) groups excluding carboxylic acids is 1. The second kappa shape index (κ2) is 12.3. The molecule has 1 aromatic rings. The molecule has 222 valence electrons. The van der Waals surface area contributed by atoms with Crippen LogP contribution in [-0.2, 0) is 19.0 Å². The van der Waals surface area contributed by atoms with E-state index < -0.39 is 29.5 Å². The summed E-state index contributed by atoms with van der Waals surface area (Å²) < 4.78 is 28.5. The number of nitrogens with one attached hydrogen (secondary N) is 1. The predicted octanol–water partition coefficient (Wildman–Crippen LogP) is 2.93. The molecule has 5 unspecified atom stereocenters. The molecule has 5 atom stereocenters. The van der Waals surface area contributed by atoms with Crippen LogP contribution in [0.15, 0.2) is 28.7 Å². The molecule has 3 aliphatic heterocycles. The van der Waals surface area contributed by atoms with Crippen LogP contribution in [0.1, 0.15) is 61.6 Å². The number of aryl methyl sites for hydroxylation is 1. The number of piperidine rings is 1. The molecule has 0 spiro atoms. The normalized spacial score (nSPS) is 29.5. The molecule has 10 nitrogen and oxygen atoms in total. The number of ketones is 1. The van der Waals surface area contributed by atoms with Crippen molar-refractivity contribution in [1.29, 1.82) is 0 Å². The maximum atomic E-state index is 13.7. The minimum Gasteiger partial charge on any atom is -0.493 e. The number of ether oxygens (including phenoxy) is 5. The first-order valence-corrected chi connectivity index (χ1v) is 14.3. The summed E-state index contributed by atoms with van der Waals surface area (Å²) in [6.07, 6.45) is 0.736. The largest absolute Gasteiger partial charge is 0.493 e. The minimum atomic E-state index is -1.86. The first-order valence-electron chi connectivity index (χ1n) is 13.8. The lowest BCUT2D eigenvalue weighted by Gasteiger charge is -2.54. The molecule has 0 aromatic heterocycles. The Kier molecular flexibility index (Phi) is 9.43. The highest BCUT2D eigenvalue weighted by Gasteiger charge is 2.59. The molecule has 2 saturated heterocycles. The number of methoxy groups -OCH3 is 2. The van der Waals surface area contributed by atoms with Crippen molar-refractivity contribution in [3.8, 4) is 11.5 Å². The van der Waals surface area contributed by atoms with Gasteiger partial charge in [-0.15, -0.1) is 0 Å². The van der Waals surface area contributed by atoms with Gasteiger partial charge in [0.25, 0.3) is 0 Å². The number of likely N-dealkylation sites (N-methyl/N-ethyl adjacent to an activating group) is 1. The third kappa shape index (κ3) is 4.70. The first-order chi connectivity index (χ1) is 19.2. The number of aliphatic hydroxyl groups excluding tert-OH is 1. The van der Waals surface area contributed by atoms with E-state index in [-0.39, 0.29) is 31.9 Å². The van der Waals surface area contributed by atoms with E-state index in [2.05, 4.69) is 16.3 Å². The Morgan fingerprint density at radius 1 is 1.20 bits per heavy atom. The fourth-order valence-electron chi connectivity index (χ4n) is 6.63. The summed E-state index contributed by atoms with van der Waals surface area (Å²) in [6, 6.07) is 0.583. The predicted molar refractivity (Wildman–Crippen MR) is 152 cm³/mol. The monoisotopic (exact) mass is 578 g/mol. The van der Waals surface area contributed by atoms with Gasteiger partial charge >= 0.3 is 0 Å². The Bertz CT molecular complexity index is 1200. The molecular formula is C29H42N2O8S. The molecular weight excluding hydrogens is 536 g/mol.